The van der Waals surface area contributed by atoms with Crippen molar-refractivity contribution in [3.05, 3.63) is 0 Å². The molecule has 0 aromatic heterocycles. The smallest absolute Gasteiger partial charge is 0.241 e. The molecule has 0 spiro atoms. The van der Waals surface area contributed by atoms with Crippen LogP contribution in [0.1, 0.15) is 53.9 Å². The molecule has 18 heavy (non-hydrogen) atoms. The van der Waals surface area contributed by atoms with Crippen LogP contribution in [-0.2, 0) is 4.79 Å². The van der Waals surface area contributed by atoms with Crippen LogP contribution in [0.15, 0.2) is 0 Å². The first-order valence-electron chi connectivity index (χ1n) is 7.50. The molecular formula is C15H28N2O. The fourth-order valence-electron chi connectivity index (χ4n) is 3.51. The summed E-state index contributed by atoms with van der Waals surface area (Å²) in [6.07, 6.45) is 3.81. The van der Waals surface area contributed by atoms with Crippen molar-refractivity contribution in [2.75, 3.05) is 0 Å². The first-order chi connectivity index (χ1) is 8.41. The Labute approximate surface area is 111 Å². The summed E-state index contributed by atoms with van der Waals surface area (Å²) < 4.78 is 0. The number of rotatable bonds is 2. The monoisotopic (exact) mass is 252 g/mol. The van der Waals surface area contributed by atoms with Gasteiger partial charge in [-0.3, -0.25) is 10.1 Å². The predicted octanol–water partition coefficient (Wildman–Crippen LogP) is 2.61. The van der Waals surface area contributed by atoms with E-state index in [9.17, 15) is 4.79 Å². The molecule has 1 N–H and O–H groups in total. The van der Waals surface area contributed by atoms with E-state index < -0.39 is 0 Å². The van der Waals surface area contributed by atoms with Crippen LogP contribution >= 0.6 is 0 Å². The summed E-state index contributed by atoms with van der Waals surface area (Å²) in [7, 11) is 0. The Morgan fingerprint density at radius 2 is 1.83 bits per heavy atom. The number of nitrogens with one attached hydrogen (secondary N) is 1. The van der Waals surface area contributed by atoms with Gasteiger partial charge >= 0.3 is 0 Å². The van der Waals surface area contributed by atoms with Crippen LogP contribution in [-0.4, -0.2) is 29.1 Å². The third-order valence-electron chi connectivity index (χ3n) is 4.99. The topological polar surface area (TPSA) is 32.3 Å². The van der Waals surface area contributed by atoms with E-state index in [-0.39, 0.29) is 12.2 Å². The van der Waals surface area contributed by atoms with Crippen molar-refractivity contribution in [3.8, 4) is 0 Å². The normalized spacial score (nSPS) is 41.8. The lowest BCUT2D eigenvalue weighted by molar-refractivity contribution is -0.133. The second kappa shape index (κ2) is 5.20. The van der Waals surface area contributed by atoms with Crippen LogP contribution in [0.4, 0.5) is 0 Å². The number of hydrogen-bond donors (Lipinski definition) is 1. The Morgan fingerprint density at radius 1 is 1.17 bits per heavy atom. The van der Waals surface area contributed by atoms with Gasteiger partial charge in [-0.15, -0.1) is 0 Å². The fourth-order valence-corrected chi connectivity index (χ4v) is 3.51. The van der Waals surface area contributed by atoms with Gasteiger partial charge < -0.3 is 4.90 Å². The van der Waals surface area contributed by atoms with E-state index >= 15 is 0 Å². The zero-order chi connectivity index (χ0) is 13.4. The van der Waals surface area contributed by atoms with Gasteiger partial charge in [0.1, 0.15) is 0 Å². The molecule has 0 bridgehead atoms. The van der Waals surface area contributed by atoms with Crippen molar-refractivity contribution in [3.63, 3.8) is 0 Å². The molecular weight excluding hydrogens is 224 g/mol. The summed E-state index contributed by atoms with van der Waals surface area (Å²) in [6, 6.07) is 0.476. The molecule has 5 atom stereocenters. The molecule has 0 aromatic carbocycles. The second-order valence-corrected chi connectivity index (χ2v) is 6.73. The van der Waals surface area contributed by atoms with Gasteiger partial charge in [0.25, 0.3) is 0 Å². The highest BCUT2D eigenvalue weighted by Gasteiger charge is 2.42. The maximum Gasteiger partial charge on any atom is 0.241 e. The van der Waals surface area contributed by atoms with E-state index in [0.29, 0.717) is 17.9 Å². The van der Waals surface area contributed by atoms with E-state index in [1.54, 1.807) is 0 Å². The van der Waals surface area contributed by atoms with Crippen LogP contribution in [0.5, 0.6) is 0 Å². The van der Waals surface area contributed by atoms with E-state index in [0.717, 1.165) is 11.8 Å². The zero-order valence-electron chi connectivity index (χ0n) is 12.4. The molecule has 1 saturated carbocycles. The largest absolute Gasteiger partial charge is 0.323 e. The number of nitrogens with zero attached hydrogens (tertiary/aromatic N) is 1. The zero-order valence-corrected chi connectivity index (χ0v) is 12.4. The minimum atomic E-state index is 0.0228. The molecule has 2 aliphatic rings. The molecule has 3 nitrogen and oxygen atoms in total. The van der Waals surface area contributed by atoms with Gasteiger partial charge in [0, 0.05) is 6.04 Å². The Bertz CT molecular complexity index is 316. The summed E-state index contributed by atoms with van der Waals surface area (Å²) in [5, 5.41) is 3.45. The summed E-state index contributed by atoms with van der Waals surface area (Å²) in [5.74, 6) is 2.25. The molecule has 104 valence electrons. The first-order valence-corrected chi connectivity index (χ1v) is 7.50. The van der Waals surface area contributed by atoms with Gasteiger partial charge in [-0.1, -0.05) is 27.7 Å². The average molecular weight is 252 g/mol. The van der Waals surface area contributed by atoms with Crippen LogP contribution in [0.2, 0.25) is 0 Å². The van der Waals surface area contributed by atoms with E-state index in [4.69, 9.17) is 0 Å². The molecule has 1 saturated heterocycles. The quantitative estimate of drug-likeness (QED) is 0.819. The van der Waals surface area contributed by atoms with Gasteiger partial charge in [0.2, 0.25) is 5.91 Å². The lowest BCUT2D eigenvalue weighted by atomic mass is 9.78. The minimum absolute atomic E-state index is 0.0228. The molecule has 2 fully saturated rings. The Morgan fingerprint density at radius 3 is 2.33 bits per heavy atom. The number of carbonyl (C=O) groups excluding carboxylic acids is 1. The third-order valence-corrected chi connectivity index (χ3v) is 4.99. The van der Waals surface area contributed by atoms with E-state index in [1.807, 2.05) is 0 Å². The first kappa shape index (κ1) is 13.9. The standard InChI is InChI=1S/C15H28N2O/c1-9(2)14-15(18)17(12(5)16-14)13-7-6-10(3)11(4)8-13/h9-14,16H,6-8H2,1-5H3. The maximum atomic E-state index is 12.5. The molecule has 0 aromatic rings. The van der Waals surface area contributed by atoms with E-state index in [2.05, 4.69) is 44.8 Å². The second-order valence-electron chi connectivity index (χ2n) is 6.73. The van der Waals surface area contributed by atoms with Crippen molar-refractivity contribution in [1.29, 1.82) is 0 Å². The van der Waals surface area contributed by atoms with E-state index in [1.165, 1.54) is 19.3 Å². The van der Waals surface area contributed by atoms with Crippen molar-refractivity contribution in [2.45, 2.75) is 72.1 Å². The van der Waals surface area contributed by atoms with Crippen molar-refractivity contribution in [2.24, 2.45) is 17.8 Å². The molecule has 2 rings (SSSR count). The highest BCUT2D eigenvalue weighted by atomic mass is 16.2. The van der Waals surface area contributed by atoms with Crippen LogP contribution in [0.25, 0.3) is 0 Å². The van der Waals surface area contributed by atoms with Crippen molar-refractivity contribution >= 4 is 5.91 Å². The average Bonchev–Trinajstić information content (AvgIpc) is 2.59. The minimum Gasteiger partial charge on any atom is -0.323 e. The molecule has 3 heteroatoms. The van der Waals surface area contributed by atoms with Crippen LogP contribution in [0.3, 0.4) is 0 Å². The third kappa shape index (κ3) is 2.42. The van der Waals surface area contributed by atoms with Crippen LogP contribution < -0.4 is 5.32 Å². The SMILES string of the molecule is CC(C)C1NC(C)N(C2CCC(C)C(C)C2)C1=O. The van der Waals surface area contributed by atoms with Crippen molar-refractivity contribution in [1.82, 2.24) is 10.2 Å². The Hall–Kier alpha value is -0.570. The molecule has 1 aliphatic heterocycles. The maximum absolute atomic E-state index is 12.5. The summed E-state index contributed by atoms with van der Waals surface area (Å²) in [5.41, 5.74) is 0. The molecule has 1 heterocycles. The molecule has 1 aliphatic carbocycles. The predicted molar refractivity (Wildman–Crippen MR) is 74.0 cm³/mol. The fraction of sp³-hybridized carbons (Fsp3) is 0.933. The number of amides is 1. The number of hydrogen-bond acceptors (Lipinski definition) is 2. The van der Waals surface area contributed by atoms with Gasteiger partial charge in [0.15, 0.2) is 0 Å². The van der Waals surface area contributed by atoms with Crippen molar-refractivity contribution < 1.29 is 4.79 Å². The van der Waals surface area contributed by atoms with Gasteiger partial charge in [-0.2, -0.15) is 0 Å². The van der Waals surface area contributed by atoms with Gasteiger partial charge in [-0.25, -0.2) is 0 Å². The summed E-state index contributed by atoms with van der Waals surface area (Å²) in [4.78, 5) is 14.6. The molecule has 0 radical (unpaired) electrons. The summed E-state index contributed by atoms with van der Waals surface area (Å²) >= 11 is 0. The molecule has 1 amide bonds. The highest BCUT2D eigenvalue weighted by Crippen LogP contribution is 2.34. The Balaban J connectivity index is 2.07. The van der Waals surface area contributed by atoms with Gasteiger partial charge in [0.05, 0.1) is 12.2 Å². The van der Waals surface area contributed by atoms with Gasteiger partial charge in [-0.05, 0) is 43.9 Å². The lowest BCUT2D eigenvalue weighted by Gasteiger charge is -2.39. The van der Waals surface area contributed by atoms with Crippen LogP contribution in [0, 0.1) is 17.8 Å². The number of carbonyl (C=O) groups is 1. The highest BCUT2D eigenvalue weighted by molar-refractivity contribution is 5.84. The Kier molecular flexibility index (Phi) is 4.00. The molecule has 5 unspecified atom stereocenters. The summed E-state index contributed by atoms with van der Waals surface area (Å²) in [6.45, 7) is 11.0. The lowest BCUT2D eigenvalue weighted by Crippen LogP contribution is -2.46.